The van der Waals surface area contributed by atoms with Gasteiger partial charge in [0.25, 0.3) is 0 Å². The fourth-order valence-electron chi connectivity index (χ4n) is 3.03. The molecule has 22 heavy (non-hydrogen) atoms. The molecule has 0 radical (unpaired) electrons. The average Bonchev–Trinajstić information content (AvgIpc) is 2.54. The predicted octanol–water partition coefficient (Wildman–Crippen LogP) is 6.77. The predicted molar refractivity (Wildman–Crippen MR) is 98.8 cm³/mol. The van der Waals surface area contributed by atoms with E-state index in [0.717, 1.165) is 0 Å². The fraction of sp³-hybridized carbons (Fsp3) is 1.00. The Morgan fingerprint density at radius 2 is 1.00 bits per heavy atom. The zero-order valence-electron chi connectivity index (χ0n) is 15.7. The molecule has 0 aliphatic heterocycles. The monoisotopic (exact) mass is 313 g/mol. The van der Waals surface area contributed by atoms with E-state index >= 15 is 0 Å². The highest BCUT2D eigenvalue weighted by molar-refractivity contribution is 4.60. The van der Waals surface area contributed by atoms with E-state index < -0.39 is 0 Å². The highest BCUT2D eigenvalue weighted by Gasteiger charge is 2.10. The molecule has 0 rings (SSSR count). The summed E-state index contributed by atoms with van der Waals surface area (Å²) in [7, 11) is 0. The van der Waals surface area contributed by atoms with Crippen LogP contribution in [0.15, 0.2) is 0 Å². The van der Waals surface area contributed by atoms with Gasteiger partial charge < -0.3 is 4.84 Å². The van der Waals surface area contributed by atoms with E-state index in [0.29, 0.717) is 5.92 Å². The summed E-state index contributed by atoms with van der Waals surface area (Å²) in [5, 5.41) is 0. The Morgan fingerprint density at radius 3 is 1.36 bits per heavy atom. The van der Waals surface area contributed by atoms with E-state index in [1.807, 2.05) is 0 Å². The molecule has 134 valence electrons. The van der Waals surface area contributed by atoms with Gasteiger partial charge in [0.1, 0.15) is 0 Å². The van der Waals surface area contributed by atoms with Gasteiger partial charge in [-0.25, -0.2) is 5.90 Å². The molecule has 0 bridgehead atoms. The van der Waals surface area contributed by atoms with Crippen LogP contribution in [-0.4, -0.2) is 6.10 Å². The first-order valence-electron chi connectivity index (χ1n) is 10.1. The summed E-state index contributed by atoms with van der Waals surface area (Å²) in [6.07, 6.45) is 21.4. The minimum atomic E-state index is 0.196. The van der Waals surface area contributed by atoms with Crippen LogP contribution in [0.5, 0.6) is 0 Å². The van der Waals surface area contributed by atoms with E-state index in [1.165, 1.54) is 96.3 Å². The molecule has 0 aromatic carbocycles. The van der Waals surface area contributed by atoms with Gasteiger partial charge >= 0.3 is 0 Å². The van der Waals surface area contributed by atoms with Gasteiger partial charge in [0, 0.05) is 0 Å². The minimum absolute atomic E-state index is 0.196. The lowest BCUT2D eigenvalue weighted by Crippen LogP contribution is -2.21. The van der Waals surface area contributed by atoms with Gasteiger partial charge in [0.05, 0.1) is 6.10 Å². The Labute approximate surface area is 140 Å². The van der Waals surface area contributed by atoms with Crippen molar-refractivity contribution in [2.45, 2.75) is 123 Å². The normalized spacial score (nSPS) is 14.2. The molecule has 0 aromatic heterocycles. The Bertz CT molecular complexity index is 208. The molecule has 0 heterocycles. The van der Waals surface area contributed by atoms with Gasteiger partial charge in [-0.1, -0.05) is 104 Å². The second kappa shape index (κ2) is 17.3. The van der Waals surface area contributed by atoms with Crippen LogP contribution in [0.25, 0.3) is 0 Å². The molecule has 0 spiro atoms. The first kappa shape index (κ1) is 21.9. The lowest BCUT2D eigenvalue weighted by atomic mass is 9.97. The van der Waals surface area contributed by atoms with Crippen molar-refractivity contribution in [1.29, 1.82) is 0 Å². The van der Waals surface area contributed by atoms with Crippen LogP contribution in [-0.2, 0) is 4.84 Å². The molecule has 2 atom stereocenters. The molecule has 2 heteroatoms. The third-order valence-corrected chi connectivity index (χ3v) is 5.03. The van der Waals surface area contributed by atoms with Gasteiger partial charge in [-0.3, -0.25) is 0 Å². The van der Waals surface area contributed by atoms with Crippen LogP contribution in [0.4, 0.5) is 0 Å². The molecule has 0 saturated heterocycles. The molecule has 2 N–H and O–H groups in total. The Hall–Kier alpha value is -0.0800. The number of nitrogens with two attached hydrogens (primary N) is 1. The largest absolute Gasteiger partial charge is 0.301 e. The number of rotatable bonds is 17. The molecule has 2 unspecified atom stereocenters. The summed E-state index contributed by atoms with van der Waals surface area (Å²) in [5.74, 6) is 5.81. The van der Waals surface area contributed by atoms with Gasteiger partial charge in [0.2, 0.25) is 0 Å². The summed E-state index contributed by atoms with van der Waals surface area (Å²) in [6, 6.07) is 0. The molecular weight excluding hydrogens is 270 g/mol. The second-order valence-electron chi connectivity index (χ2n) is 7.20. The van der Waals surface area contributed by atoms with E-state index in [4.69, 9.17) is 10.7 Å². The molecule has 0 saturated carbocycles. The van der Waals surface area contributed by atoms with Crippen molar-refractivity contribution in [2.24, 2.45) is 11.8 Å². The van der Waals surface area contributed by atoms with Crippen molar-refractivity contribution < 1.29 is 4.84 Å². The third-order valence-electron chi connectivity index (χ3n) is 5.03. The highest BCUT2D eigenvalue weighted by Crippen LogP contribution is 2.17. The molecule has 0 fully saturated rings. The maximum atomic E-state index is 5.22. The van der Waals surface area contributed by atoms with E-state index in [9.17, 15) is 0 Å². The van der Waals surface area contributed by atoms with Crippen LogP contribution >= 0.6 is 0 Å². The molecule has 0 aliphatic rings. The standard InChI is InChI=1S/C20H43NO/c1-4-5-6-7-8-9-10-11-12-13-14-15-16-17-18-19(2)20(3)22-21/h19-20H,4-18,21H2,1-3H3. The van der Waals surface area contributed by atoms with Crippen molar-refractivity contribution in [3.8, 4) is 0 Å². The number of unbranched alkanes of at least 4 members (excludes halogenated alkanes) is 13. The van der Waals surface area contributed by atoms with E-state index in [2.05, 4.69) is 20.8 Å². The maximum absolute atomic E-state index is 5.22. The van der Waals surface area contributed by atoms with E-state index in [1.54, 1.807) is 0 Å². The number of hydrogen-bond acceptors (Lipinski definition) is 2. The minimum Gasteiger partial charge on any atom is -0.301 e. The van der Waals surface area contributed by atoms with Crippen LogP contribution in [0.1, 0.15) is 117 Å². The molecule has 2 nitrogen and oxygen atoms in total. The van der Waals surface area contributed by atoms with Crippen LogP contribution in [0.2, 0.25) is 0 Å². The molecular formula is C20H43NO. The fourth-order valence-corrected chi connectivity index (χ4v) is 3.03. The summed E-state index contributed by atoms with van der Waals surface area (Å²) in [4.78, 5) is 4.88. The van der Waals surface area contributed by atoms with Gasteiger partial charge in [-0.2, -0.15) is 0 Å². The average molecular weight is 314 g/mol. The molecule has 0 aliphatic carbocycles. The molecule has 0 amide bonds. The van der Waals surface area contributed by atoms with Crippen molar-refractivity contribution in [3.63, 3.8) is 0 Å². The lowest BCUT2D eigenvalue weighted by Gasteiger charge is -2.17. The Balaban J connectivity index is 3.08. The first-order chi connectivity index (χ1) is 10.7. The maximum Gasteiger partial charge on any atom is 0.0784 e. The zero-order valence-corrected chi connectivity index (χ0v) is 15.7. The highest BCUT2D eigenvalue weighted by atomic mass is 16.6. The zero-order chi connectivity index (χ0) is 16.5. The van der Waals surface area contributed by atoms with Crippen LogP contribution < -0.4 is 5.90 Å². The second-order valence-corrected chi connectivity index (χ2v) is 7.20. The van der Waals surface area contributed by atoms with Crippen molar-refractivity contribution in [1.82, 2.24) is 0 Å². The van der Waals surface area contributed by atoms with Gasteiger partial charge in [-0.15, -0.1) is 0 Å². The summed E-state index contributed by atoms with van der Waals surface area (Å²) < 4.78 is 0. The summed E-state index contributed by atoms with van der Waals surface area (Å²) in [6.45, 7) is 6.59. The number of hydrogen-bond donors (Lipinski definition) is 1. The van der Waals surface area contributed by atoms with Crippen molar-refractivity contribution >= 4 is 0 Å². The quantitative estimate of drug-likeness (QED) is 0.237. The van der Waals surface area contributed by atoms with Gasteiger partial charge in [-0.05, 0) is 19.3 Å². The van der Waals surface area contributed by atoms with Gasteiger partial charge in [0.15, 0.2) is 0 Å². The van der Waals surface area contributed by atoms with Crippen LogP contribution in [0.3, 0.4) is 0 Å². The topological polar surface area (TPSA) is 35.2 Å². The summed E-state index contributed by atoms with van der Waals surface area (Å²) >= 11 is 0. The van der Waals surface area contributed by atoms with Crippen molar-refractivity contribution in [3.05, 3.63) is 0 Å². The SMILES string of the molecule is CCCCCCCCCCCCCCCCC(C)C(C)ON. The summed E-state index contributed by atoms with van der Waals surface area (Å²) in [5.41, 5.74) is 0. The van der Waals surface area contributed by atoms with Crippen molar-refractivity contribution in [2.75, 3.05) is 0 Å². The van der Waals surface area contributed by atoms with E-state index in [-0.39, 0.29) is 6.10 Å². The lowest BCUT2D eigenvalue weighted by molar-refractivity contribution is 0.0264. The Morgan fingerprint density at radius 1 is 0.636 bits per heavy atom. The third kappa shape index (κ3) is 14.8. The Kier molecular flexibility index (Phi) is 17.2. The first-order valence-corrected chi connectivity index (χ1v) is 10.1. The molecule has 0 aromatic rings. The van der Waals surface area contributed by atoms with Crippen LogP contribution in [0, 0.1) is 5.92 Å². The smallest absolute Gasteiger partial charge is 0.0784 e.